The summed E-state index contributed by atoms with van der Waals surface area (Å²) in [7, 11) is 0. The Hall–Kier alpha value is -2.63. The van der Waals surface area contributed by atoms with E-state index in [0.29, 0.717) is 0 Å². The van der Waals surface area contributed by atoms with Gasteiger partial charge >= 0.3 is 0 Å². The molecule has 1 aromatic carbocycles. The summed E-state index contributed by atoms with van der Waals surface area (Å²) < 4.78 is 0. The molecule has 0 spiro atoms. The first kappa shape index (κ1) is 18.7. The Morgan fingerprint density at radius 1 is 0.964 bits per heavy atom. The molecule has 0 atom stereocenters. The van der Waals surface area contributed by atoms with E-state index < -0.39 is 0 Å². The van der Waals surface area contributed by atoms with Crippen molar-refractivity contribution in [3.8, 4) is 0 Å². The van der Waals surface area contributed by atoms with E-state index in [9.17, 15) is 4.79 Å². The molecule has 0 bridgehead atoms. The molecule has 1 saturated heterocycles. The van der Waals surface area contributed by atoms with Gasteiger partial charge in [0.1, 0.15) is 5.82 Å². The molecule has 6 heteroatoms. The summed E-state index contributed by atoms with van der Waals surface area (Å²) in [6.45, 7) is 4.05. The van der Waals surface area contributed by atoms with Crippen LogP contribution in [0.5, 0.6) is 0 Å². The number of carbonyl (C=O) groups is 1. The van der Waals surface area contributed by atoms with Crippen LogP contribution in [0.15, 0.2) is 30.3 Å². The van der Waals surface area contributed by atoms with Crippen molar-refractivity contribution in [3.63, 3.8) is 0 Å². The largest absolute Gasteiger partial charge is 0.341 e. The number of nitrogens with zero attached hydrogens (tertiary/aromatic N) is 3. The van der Waals surface area contributed by atoms with Crippen molar-refractivity contribution in [1.29, 1.82) is 0 Å². The summed E-state index contributed by atoms with van der Waals surface area (Å²) in [4.78, 5) is 23.9. The molecule has 0 radical (unpaired) electrons. The molecule has 2 N–H and O–H groups in total. The number of aromatic nitrogens is 2. The minimum Gasteiger partial charge on any atom is -0.341 e. The predicted molar refractivity (Wildman–Crippen MR) is 113 cm³/mol. The maximum atomic E-state index is 12.4. The molecule has 6 nitrogen and oxygen atoms in total. The zero-order valence-electron chi connectivity index (χ0n) is 16.6. The number of hydrogen-bond donors (Lipinski definition) is 2. The third-order valence-corrected chi connectivity index (χ3v) is 5.63. The molecule has 1 aromatic heterocycles. The van der Waals surface area contributed by atoms with Gasteiger partial charge in [-0.05, 0) is 56.9 Å². The van der Waals surface area contributed by atoms with Crippen LogP contribution < -0.4 is 15.5 Å². The molecule has 28 heavy (non-hydrogen) atoms. The van der Waals surface area contributed by atoms with Gasteiger partial charge < -0.3 is 15.5 Å². The highest BCUT2D eigenvalue weighted by Crippen LogP contribution is 2.26. The molecule has 0 unspecified atom stereocenters. The van der Waals surface area contributed by atoms with Gasteiger partial charge in [0.2, 0.25) is 11.9 Å². The van der Waals surface area contributed by atoms with Crippen LogP contribution >= 0.6 is 0 Å². The number of rotatable bonds is 5. The minimum absolute atomic E-state index is 0.155. The fraction of sp³-hybridized carbons (Fsp3) is 0.500. The average Bonchev–Trinajstić information content (AvgIpc) is 3.25. The van der Waals surface area contributed by atoms with Gasteiger partial charge in [0.15, 0.2) is 0 Å². The molecule has 2 heterocycles. The van der Waals surface area contributed by atoms with Crippen LogP contribution in [0.3, 0.4) is 0 Å². The number of anilines is 4. The van der Waals surface area contributed by atoms with Crippen LogP contribution in [0.1, 0.15) is 50.6 Å². The average molecular weight is 380 g/mol. The monoisotopic (exact) mass is 379 g/mol. The van der Waals surface area contributed by atoms with Gasteiger partial charge in [-0.1, -0.05) is 19.3 Å². The van der Waals surface area contributed by atoms with Crippen molar-refractivity contribution in [3.05, 3.63) is 36.0 Å². The Morgan fingerprint density at radius 2 is 1.64 bits per heavy atom. The van der Waals surface area contributed by atoms with Crippen molar-refractivity contribution < 1.29 is 4.79 Å². The van der Waals surface area contributed by atoms with Gasteiger partial charge in [0, 0.05) is 42.1 Å². The summed E-state index contributed by atoms with van der Waals surface area (Å²) >= 11 is 0. The third kappa shape index (κ3) is 4.61. The lowest BCUT2D eigenvalue weighted by Gasteiger charge is -2.20. The fourth-order valence-corrected chi connectivity index (χ4v) is 4.07. The second-order valence-electron chi connectivity index (χ2n) is 7.92. The zero-order valence-corrected chi connectivity index (χ0v) is 16.6. The van der Waals surface area contributed by atoms with E-state index in [2.05, 4.69) is 25.5 Å². The predicted octanol–water partition coefficient (Wildman–Crippen LogP) is 4.65. The quantitative estimate of drug-likeness (QED) is 0.791. The maximum absolute atomic E-state index is 12.4. The molecule has 2 aromatic rings. The summed E-state index contributed by atoms with van der Waals surface area (Å²) in [5.41, 5.74) is 2.75. The summed E-state index contributed by atoms with van der Waals surface area (Å²) in [5, 5.41) is 6.42. The molecule has 1 aliphatic heterocycles. The minimum atomic E-state index is 0.155. The second-order valence-corrected chi connectivity index (χ2v) is 7.92. The van der Waals surface area contributed by atoms with Crippen LogP contribution in [-0.4, -0.2) is 29.0 Å². The molecule has 148 valence electrons. The zero-order chi connectivity index (χ0) is 19.3. The molecular weight excluding hydrogens is 350 g/mol. The van der Waals surface area contributed by atoms with E-state index in [1.165, 1.54) is 32.1 Å². The van der Waals surface area contributed by atoms with Gasteiger partial charge in [-0.2, -0.15) is 4.98 Å². The Bertz CT molecular complexity index is 808. The molecule has 1 aliphatic carbocycles. The van der Waals surface area contributed by atoms with Crippen molar-refractivity contribution in [2.45, 2.75) is 51.9 Å². The van der Waals surface area contributed by atoms with E-state index in [1.54, 1.807) is 0 Å². The van der Waals surface area contributed by atoms with Gasteiger partial charge in [0.05, 0.1) is 0 Å². The highest BCUT2D eigenvalue weighted by molar-refractivity contribution is 5.92. The fourth-order valence-electron chi connectivity index (χ4n) is 4.07. The maximum Gasteiger partial charge on any atom is 0.227 e. The number of amides is 1. The number of nitrogens with one attached hydrogen (secondary N) is 2. The summed E-state index contributed by atoms with van der Waals surface area (Å²) in [6, 6.07) is 9.79. The smallest absolute Gasteiger partial charge is 0.227 e. The van der Waals surface area contributed by atoms with Gasteiger partial charge in [-0.25, -0.2) is 4.98 Å². The Kier molecular flexibility index (Phi) is 5.74. The van der Waals surface area contributed by atoms with Gasteiger partial charge in [0.25, 0.3) is 0 Å². The number of benzene rings is 1. The van der Waals surface area contributed by atoms with E-state index in [-0.39, 0.29) is 11.8 Å². The van der Waals surface area contributed by atoms with E-state index in [4.69, 9.17) is 0 Å². The van der Waals surface area contributed by atoms with Gasteiger partial charge in [-0.15, -0.1) is 0 Å². The topological polar surface area (TPSA) is 70.2 Å². The van der Waals surface area contributed by atoms with E-state index in [1.807, 2.05) is 37.3 Å². The lowest BCUT2D eigenvalue weighted by Crippen LogP contribution is -2.24. The second kappa shape index (κ2) is 8.59. The van der Waals surface area contributed by atoms with Crippen molar-refractivity contribution in [2.24, 2.45) is 5.92 Å². The van der Waals surface area contributed by atoms with E-state index in [0.717, 1.165) is 54.8 Å². The first-order chi connectivity index (χ1) is 13.7. The van der Waals surface area contributed by atoms with Crippen molar-refractivity contribution in [1.82, 2.24) is 9.97 Å². The Morgan fingerprint density at radius 3 is 2.36 bits per heavy atom. The summed E-state index contributed by atoms with van der Waals surface area (Å²) in [6.07, 6.45) is 8.02. The molecular formula is C22H29N5O. The molecule has 2 fully saturated rings. The SMILES string of the molecule is Cc1cc(Nc2ccc(NC(=O)C3CCCCC3)cc2)nc(N2CCCC2)n1. The van der Waals surface area contributed by atoms with Crippen molar-refractivity contribution >= 4 is 29.0 Å². The first-order valence-corrected chi connectivity index (χ1v) is 10.5. The standard InChI is InChI=1S/C22H29N5O/c1-16-15-20(26-22(23-16)27-13-5-6-14-27)24-18-9-11-19(12-10-18)25-21(28)17-7-3-2-4-8-17/h9-12,15,17H,2-8,13-14H2,1H3,(H,25,28)(H,23,24,26). The van der Waals surface area contributed by atoms with Crippen LogP contribution in [0.2, 0.25) is 0 Å². The lowest BCUT2D eigenvalue weighted by molar-refractivity contribution is -0.120. The molecule has 1 amide bonds. The molecule has 4 rings (SSSR count). The third-order valence-electron chi connectivity index (χ3n) is 5.63. The number of aryl methyl sites for hydroxylation is 1. The highest BCUT2D eigenvalue weighted by atomic mass is 16.1. The Labute approximate surface area is 166 Å². The van der Waals surface area contributed by atoms with Crippen LogP contribution in [0, 0.1) is 12.8 Å². The highest BCUT2D eigenvalue weighted by Gasteiger charge is 2.21. The van der Waals surface area contributed by atoms with Crippen LogP contribution in [-0.2, 0) is 4.79 Å². The van der Waals surface area contributed by atoms with Crippen molar-refractivity contribution in [2.75, 3.05) is 28.6 Å². The van der Waals surface area contributed by atoms with E-state index >= 15 is 0 Å². The normalized spacial score (nSPS) is 17.5. The van der Waals surface area contributed by atoms with Crippen LogP contribution in [0.25, 0.3) is 0 Å². The lowest BCUT2D eigenvalue weighted by atomic mass is 9.88. The molecule has 1 saturated carbocycles. The number of carbonyl (C=O) groups excluding carboxylic acids is 1. The van der Waals surface area contributed by atoms with Crippen LogP contribution in [0.4, 0.5) is 23.1 Å². The van der Waals surface area contributed by atoms with Gasteiger partial charge in [-0.3, -0.25) is 4.79 Å². The Balaban J connectivity index is 1.39. The first-order valence-electron chi connectivity index (χ1n) is 10.5. The summed E-state index contributed by atoms with van der Waals surface area (Å²) in [5.74, 6) is 1.92. The molecule has 2 aliphatic rings. The number of hydrogen-bond acceptors (Lipinski definition) is 5.